The molecule has 0 spiro atoms. The second kappa shape index (κ2) is 8.67. The third-order valence-corrected chi connectivity index (χ3v) is 5.95. The Morgan fingerprint density at radius 2 is 1.76 bits per heavy atom. The van der Waals surface area contributed by atoms with Crippen LogP contribution in [-0.2, 0) is 11.3 Å². The van der Waals surface area contributed by atoms with Crippen LogP contribution in [-0.4, -0.2) is 59.3 Å². The van der Waals surface area contributed by atoms with Crippen molar-refractivity contribution in [3.63, 3.8) is 0 Å². The van der Waals surface area contributed by atoms with E-state index < -0.39 is 5.82 Å². The molecule has 8 heteroatoms. The average Bonchev–Trinajstić information content (AvgIpc) is 3.15. The Kier molecular flexibility index (Phi) is 5.82. The molecular weight excluding hydrogens is 391 g/mol. The Morgan fingerprint density at radius 3 is 2.48 bits per heavy atom. The minimum atomic E-state index is -0.402. The first-order valence-electron chi connectivity index (χ1n) is 9.47. The summed E-state index contributed by atoms with van der Waals surface area (Å²) in [6.07, 6.45) is 0. The SMILES string of the molecule is O=C(NCC(=O)N1CCN(Cc2nc3ccccc3s2)CC1)c1ccc(F)cc1. The maximum Gasteiger partial charge on any atom is 0.251 e. The zero-order valence-electron chi connectivity index (χ0n) is 15.8. The van der Waals surface area contributed by atoms with Gasteiger partial charge in [0.2, 0.25) is 5.91 Å². The summed E-state index contributed by atoms with van der Waals surface area (Å²) >= 11 is 1.70. The summed E-state index contributed by atoms with van der Waals surface area (Å²) < 4.78 is 14.1. The monoisotopic (exact) mass is 412 g/mol. The highest BCUT2D eigenvalue weighted by atomic mass is 32.1. The van der Waals surface area contributed by atoms with Gasteiger partial charge in [-0.3, -0.25) is 14.5 Å². The number of thiazole rings is 1. The molecule has 1 aliphatic heterocycles. The molecule has 1 aromatic heterocycles. The van der Waals surface area contributed by atoms with E-state index >= 15 is 0 Å². The van der Waals surface area contributed by atoms with Crippen molar-refractivity contribution in [1.82, 2.24) is 20.1 Å². The number of hydrogen-bond donors (Lipinski definition) is 1. The second-order valence-electron chi connectivity index (χ2n) is 6.92. The zero-order valence-corrected chi connectivity index (χ0v) is 16.6. The number of carbonyl (C=O) groups is 2. The lowest BCUT2D eigenvalue weighted by Crippen LogP contribution is -2.50. The summed E-state index contributed by atoms with van der Waals surface area (Å²) in [5.41, 5.74) is 1.36. The molecular formula is C21H21FN4O2S. The zero-order chi connectivity index (χ0) is 20.2. The van der Waals surface area contributed by atoms with Crippen LogP contribution >= 0.6 is 11.3 Å². The van der Waals surface area contributed by atoms with Crippen LogP contribution < -0.4 is 5.32 Å². The number of amides is 2. The molecule has 3 aromatic rings. The summed E-state index contributed by atoms with van der Waals surface area (Å²) in [6, 6.07) is 13.4. The predicted molar refractivity (Wildman–Crippen MR) is 110 cm³/mol. The van der Waals surface area contributed by atoms with Gasteiger partial charge >= 0.3 is 0 Å². The number of fused-ring (bicyclic) bond motifs is 1. The first-order valence-corrected chi connectivity index (χ1v) is 10.3. The standard InChI is InChI=1S/C21H21FN4O2S/c22-16-7-5-15(6-8-16)21(28)23-13-20(27)26-11-9-25(10-12-26)14-19-24-17-3-1-2-4-18(17)29-19/h1-8H,9-14H2,(H,23,28). The number of piperazine rings is 1. The predicted octanol–water partition coefficient (Wildman–Crippen LogP) is 2.51. The van der Waals surface area contributed by atoms with Crippen molar-refractivity contribution in [3.05, 3.63) is 64.9 Å². The van der Waals surface area contributed by atoms with Gasteiger partial charge in [0.25, 0.3) is 5.91 Å². The molecule has 2 heterocycles. The van der Waals surface area contributed by atoms with Crippen molar-refractivity contribution in [2.24, 2.45) is 0 Å². The highest BCUT2D eigenvalue weighted by molar-refractivity contribution is 7.18. The van der Waals surface area contributed by atoms with Gasteiger partial charge in [0.1, 0.15) is 10.8 Å². The van der Waals surface area contributed by atoms with Crippen LogP contribution in [0.25, 0.3) is 10.2 Å². The van der Waals surface area contributed by atoms with Gasteiger partial charge < -0.3 is 10.2 Å². The lowest BCUT2D eigenvalue weighted by Gasteiger charge is -2.34. The van der Waals surface area contributed by atoms with Gasteiger partial charge in [0.15, 0.2) is 0 Å². The first kappa shape index (κ1) is 19.5. The van der Waals surface area contributed by atoms with Crippen LogP contribution in [0.15, 0.2) is 48.5 Å². The molecule has 29 heavy (non-hydrogen) atoms. The second-order valence-corrected chi connectivity index (χ2v) is 8.04. The van der Waals surface area contributed by atoms with E-state index in [-0.39, 0.29) is 18.4 Å². The van der Waals surface area contributed by atoms with Crippen molar-refractivity contribution in [1.29, 1.82) is 0 Å². The minimum Gasteiger partial charge on any atom is -0.343 e. The van der Waals surface area contributed by atoms with Crippen molar-refractivity contribution in [3.8, 4) is 0 Å². The summed E-state index contributed by atoms with van der Waals surface area (Å²) in [5, 5.41) is 3.69. The molecule has 1 aliphatic rings. The molecule has 2 aromatic carbocycles. The fourth-order valence-corrected chi connectivity index (χ4v) is 4.32. The molecule has 0 saturated carbocycles. The van der Waals surface area contributed by atoms with Gasteiger partial charge in [0.05, 0.1) is 23.3 Å². The molecule has 0 bridgehead atoms. The number of aromatic nitrogens is 1. The maximum absolute atomic E-state index is 12.9. The number of halogens is 1. The molecule has 150 valence electrons. The Morgan fingerprint density at radius 1 is 1.03 bits per heavy atom. The van der Waals surface area contributed by atoms with Crippen LogP contribution in [0.5, 0.6) is 0 Å². The molecule has 0 unspecified atom stereocenters. The van der Waals surface area contributed by atoms with Crippen LogP contribution in [0.3, 0.4) is 0 Å². The number of para-hydroxylation sites is 1. The van der Waals surface area contributed by atoms with E-state index in [4.69, 9.17) is 0 Å². The third-order valence-electron chi connectivity index (χ3n) is 4.93. The van der Waals surface area contributed by atoms with E-state index in [1.165, 1.54) is 29.0 Å². The third kappa shape index (κ3) is 4.78. The van der Waals surface area contributed by atoms with Crippen LogP contribution in [0.4, 0.5) is 4.39 Å². The number of hydrogen-bond acceptors (Lipinski definition) is 5. The van der Waals surface area contributed by atoms with Gasteiger partial charge in [0, 0.05) is 31.7 Å². The van der Waals surface area contributed by atoms with Gasteiger partial charge in [-0.05, 0) is 36.4 Å². The van der Waals surface area contributed by atoms with Crippen molar-refractivity contribution in [2.45, 2.75) is 6.54 Å². The summed E-state index contributed by atoms with van der Waals surface area (Å²) in [5.74, 6) is -0.894. The topological polar surface area (TPSA) is 65.5 Å². The quantitative estimate of drug-likeness (QED) is 0.699. The molecule has 2 amide bonds. The number of rotatable bonds is 5. The summed E-state index contributed by atoms with van der Waals surface area (Å²) in [7, 11) is 0. The Hall–Kier alpha value is -2.84. The van der Waals surface area contributed by atoms with Crippen molar-refractivity contribution in [2.75, 3.05) is 32.7 Å². The molecule has 1 saturated heterocycles. The first-order chi connectivity index (χ1) is 14.1. The molecule has 1 N–H and O–H groups in total. The normalized spacial score (nSPS) is 14.9. The Labute approximate surface area is 172 Å². The largest absolute Gasteiger partial charge is 0.343 e. The molecule has 0 atom stereocenters. The van der Waals surface area contributed by atoms with E-state index in [1.54, 1.807) is 16.2 Å². The Balaban J connectivity index is 1.24. The van der Waals surface area contributed by atoms with E-state index in [1.807, 2.05) is 18.2 Å². The highest BCUT2D eigenvalue weighted by Gasteiger charge is 2.22. The van der Waals surface area contributed by atoms with Crippen molar-refractivity contribution >= 4 is 33.4 Å². The minimum absolute atomic E-state index is 0.0614. The fraction of sp³-hybridized carbons (Fsp3) is 0.286. The Bertz CT molecular complexity index is 980. The lowest BCUT2D eigenvalue weighted by atomic mass is 10.2. The molecule has 6 nitrogen and oxygen atoms in total. The number of nitrogens with one attached hydrogen (secondary N) is 1. The number of benzene rings is 2. The molecule has 4 rings (SSSR count). The maximum atomic E-state index is 12.9. The van der Waals surface area contributed by atoms with E-state index in [2.05, 4.69) is 21.3 Å². The van der Waals surface area contributed by atoms with Crippen LogP contribution in [0.2, 0.25) is 0 Å². The van der Waals surface area contributed by atoms with E-state index in [9.17, 15) is 14.0 Å². The van der Waals surface area contributed by atoms with Gasteiger partial charge in [-0.15, -0.1) is 11.3 Å². The van der Waals surface area contributed by atoms with E-state index in [0.29, 0.717) is 18.7 Å². The lowest BCUT2D eigenvalue weighted by molar-refractivity contribution is -0.131. The van der Waals surface area contributed by atoms with Crippen molar-refractivity contribution < 1.29 is 14.0 Å². The summed E-state index contributed by atoms with van der Waals surface area (Å²) in [6.45, 7) is 3.50. The fourth-order valence-electron chi connectivity index (χ4n) is 3.31. The highest BCUT2D eigenvalue weighted by Crippen LogP contribution is 2.23. The molecule has 1 fully saturated rings. The smallest absolute Gasteiger partial charge is 0.251 e. The number of carbonyl (C=O) groups excluding carboxylic acids is 2. The van der Waals surface area contributed by atoms with Crippen LogP contribution in [0, 0.1) is 5.82 Å². The number of nitrogens with zero attached hydrogens (tertiary/aromatic N) is 3. The molecule has 0 radical (unpaired) electrons. The van der Waals surface area contributed by atoms with Crippen LogP contribution in [0.1, 0.15) is 15.4 Å². The van der Waals surface area contributed by atoms with Gasteiger partial charge in [-0.2, -0.15) is 0 Å². The van der Waals surface area contributed by atoms with E-state index in [0.717, 1.165) is 30.2 Å². The van der Waals surface area contributed by atoms with Gasteiger partial charge in [-0.25, -0.2) is 9.37 Å². The average molecular weight is 412 g/mol. The molecule has 0 aliphatic carbocycles. The van der Waals surface area contributed by atoms with Gasteiger partial charge in [-0.1, -0.05) is 12.1 Å². The summed E-state index contributed by atoms with van der Waals surface area (Å²) in [4.78, 5) is 33.2.